The van der Waals surface area contributed by atoms with E-state index in [-0.39, 0.29) is 5.41 Å². The number of hydrogen-bond acceptors (Lipinski definition) is 3. The summed E-state index contributed by atoms with van der Waals surface area (Å²) in [5.41, 5.74) is 16.0. The molecule has 6 nitrogen and oxygen atoms in total. The van der Waals surface area contributed by atoms with E-state index in [0.29, 0.717) is 5.92 Å². The second-order valence-corrected chi connectivity index (χ2v) is 18.3. The lowest BCUT2D eigenvalue weighted by molar-refractivity contribution is 0.591. The molecule has 0 aliphatic rings. The van der Waals surface area contributed by atoms with Crippen molar-refractivity contribution in [2.24, 2.45) is 0 Å². The van der Waals surface area contributed by atoms with Crippen molar-refractivity contribution in [3.05, 3.63) is 168 Å². The summed E-state index contributed by atoms with van der Waals surface area (Å²) in [6, 6.07) is 52.6. The fraction of sp³-hybridized carbons (Fsp3) is 0.143. The van der Waals surface area contributed by atoms with Gasteiger partial charge in [-0.3, -0.25) is 9.13 Å². The quantitative estimate of drug-likeness (QED) is 0.188. The highest BCUT2D eigenvalue weighted by molar-refractivity contribution is 6.26. The van der Waals surface area contributed by atoms with Crippen LogP contribution in [0.25, 0.3) is 111 Å². The van der Waals surface area contributed by atoms with Gasteiger partial charge in [0.25, 0.3) is 0 Å². The van der Waals surface area contributed by atoms with Crippen LogP contribution < -0.4 is 0 Å². The van der Waals surface area contributed by atoms with Gasteiger partial charge < -0.3 is 9.40 Å². The molecule has 0 bridgehead atoms. The molecule has 0 aliphatic carbocycles. The number of nitrogens with zero attached hydrogens (tertiary/aromatic N) is 4. The summed E-state index contributed by atoms with van der Waals surface area (Å²) >= 11 is 0. The first-order chi connectivity index (χ1) is 30.1. The van der Waals surface area contributed by atoms with Crippen LogP contribution in [-0.2, 0) is 5.41 Å². The molecule has 1 N–H and O–H groups in total. The van der Waals surface area contributed by atoms with Crippen LogP contribution in [0.1, 0.15) is 57.2 Å². The Bertz CT molecular complexity index is 3770. The fourth-order valence-electron chi connectivity index (χ4n) is 9.70. The van der Waals surface area contributed by atoms with Crippen molar-refractivity contribution in [3.8, 4) is 34.0 Å². The molecule has 62 heavy (non-hydrogen) atoms. The van der Waals surface area contributed by atoms with E-state index in [0.717, 1.165) is 99.8 Å². The van der Waals surface area contributed by atoms with E-state index < -0.39 is 0 Å². The highest BCUT2D eigenvalue weighted by atomic mass is 16.3. The maximum absolute atomic E-state index is 6.77. The van der Waals surface area contributed by atoms with E-state index in [2.05, 4.69) is 195 Å². The van der Waals surface area contributed by atoms with Crippen LogP contribution in [0, 0.1) is 6.92 Å². The lowest BCUT2D eigenvalue weighted by Crippen LogP contribution is -2.10. The Morgan fingerprint density at radius 1 is 0.629 bits per heavy atom. The Kier molecular flexibility index (Phi) is 7.80. The summed E-state index contributed by atoms with van der Waals surface area (Å²) in [5, 5.41) is 6.79. The number of rotatable bonds is 5. The third-order valence-electron chi connectivity index (χ3n) is 12.9. The van der Waals surface area contributed by atoms with Crippen molar-refractivity contribution in [2.45, 2.75) is 52.9 Å². The number of benzene rings is 7. The summed E-state index contributed by atoms with van der Waals surface area (Å²) in [7, 11) is 0. The van der Waals surface area contributed by atoms with Gasteiger partial charge in [-0.05, 0) is 108 Å². The van der Waals surface area contributed by atoms with Gasteiger partial charge in [-0.25, -0.2) is 9.97 Å². The van der Waals surface area contributed by atoms with E-state index in [4.69, 9.17) is 14.4 Å². The Labute approximate surface area is 359 Å². The van der Waals surface area contributed by atoms with Crippen molar-refractivity contribution in [2.75, 3.05) is 0 Å². The minimum Gasteiger partial charge on any atom is -0.455 e. The van der Waals surface area contributed by atoms with Crippen molar-refractivity contribution in [1.29, 1.82) is 0 Å². The Morgan fingerprint density at radius 2 is 1.47 bits per heavy atom. The van der Waals surface area contributed by atoms with E-state index in [1.807, 2.05) is 12.3 Å². The van der Waals surface area contributed by atoms with Gasteiger partial charge in [0.15, 0.2) is 0 Å². The molecule has 0 saturated carbocycles. The number of fused-ring (bicyclic) bond motifs is 11. The molecule has 0 aliphatic heterocycles. The zero-order valence-electron chi connectivity index (χ0n) is 35.7. The first-order valence-electron chi connectivity index (χ1n) is 21.6. The van der Waals surface area contributed by atoms with Crippen LogP contribution >= 0.6 is 0 Å². The monoisotopic (exact) mass is 803 g/mol. The zero-order valence-corrected chi connectivity index (χ0v) is 35.7. The highest BCUT2D eigenvalue weighted by Gasteiger charge is 2.26. The molecule has 0 atom stereocenters. The predicted octanol–water partition coefficient (Wildman–Crippen LogP) is 15.1. The Hall–Kier alpha value is -7.44. The number of hydrogen-bond donors (Lipinski definition) is 1. The average Bonchev–Trinajstić information content (AvgIpc) is 4.04. The largest absolute Gasteiger partial charge is 0.455 e. The number of H-pyrrole nitrogens is 1. The third kappa shape index (κ3) is 5.42. The number of aryl methyl sites for hydroxylation is 1. The van der Waals surface area contributed by atoms with E-state index in [1.165, 1.54) is 27.5 Å². The SMILES string of the molecule is Cc1ccc2c(c1)c1ccc(-c3cccc4c3nc(-c3cc5c6ccccc6oc5c5c3[nH]c3ccc(C(C)(C)C)cc35)n4-c3ccccc3)cc1n2-c1cc(C(C)C)ccn1. The number of pyridine rings is 1. The summed E-state index contributed by atoms with van der Waals surface area (Å²) in [6.45, 7) is 13.4. The summed E-state index contributed by atoms with van der Waals surface area (Å²) in [5.74, 6) is 2.16. The van der Waals surface area contributed by atoms with Crippen molar-refractivity contribution < 1.29 is 4.42 Å². The minimum absolute atomic E-state index is 0.0228. The molecule has 12 aromatic rings. The van der Waals surface area contributed by atoms with Crippen molar-refractivity contribution in [3.63, 3.8) is 0 Å². The summed E-state index contributed by atoms with van der Waals surface area (Å²) < 4.78 is 11.4. The van der Waals surface area contributed by atoms with Gasteiger partial charge in [-0.2, -0.15) is 0 Å². The topological polar surface area (TPSA) is 64.6 Å². The van der Waals surface area contributed by atoms with Crippen LogP contribution in [0.3, 0.4) is 0 Å². The minimum atomic E-state index is -0.0228. The van der Waals surface area contributed by atoms with Gasteiger partial charge in [0.05, 0.1) is 33.0 Å². The third-order valence-corrected chi connectivity index (χ3v) is 12.9. The molecule has 0 fully saturated rings. The van der Waals surface area contributed by atoms with Crippen LogP contribution in [0.4, 0.5) is 0 Å². The number of aromatic nitrogens is 5. The molecule has 0 amide bonds. The van der Waals surface area contributed by atoms with Crippen LogP contribution in [0.2, 0.25) is 0 Å². The van der Waals surface area contributed by atoms with Gasteiger partial charge in [0.2, 0.25) is 0 Å². The van der Waals surface area contributed by atoms with Crippen LogP contribution in [0.5, 0.6) is 0 Å². The smallest absolute Gasteiger partial charge is 0.147 e. The molecule has 7 aromatic carbocycles. The molecular formula is C56H45N5O. The second kappa shape index (κ2) is 13.3. The second-order valence-electron chi connectivity index (χ2n) is 18.3. The molecule has 6 heteroatoms. The van der Waals surface area contributed by atoms with Gasteiger partial charge in [-0.1, -0.05) is 113 Å². The number of furan rings is 1. The molecule has 0 unspecified atom stereocenters. The molecule has 0 saturated heterocycles. The number of nitrogens with one attached hydrogen (secondary N) is 1. The number of aromatic amines is 1. The number of para-hydroxylation sites is 3. The lowest BCUT2D eigenvalue weighted by Gasteiger charge is -2.18. The molecule has 300 valence electrons. The first-order valence-corrected chi connectivity index (χ1v) is 21.6. The fourth-order valence-corrected chi connectivity index (χ4v) is 9.70. The van der Waals surface area contributed by atoms with Crippen LogP contribution in [-0.4, -0.2) is 24.1 Å². The van der Waals surface area contributed by atoms with Gasteiger partial charge in [-0.15, -0.1) is 0 Å². The van der Waals surface area contributed by atoms with Crippen LogP contribution in [0.15, 0.2) is 156 Å². The van der Waals surface area contributed by atoms with E-state index in [9.17, 15) is 0 Å². The predicted molar refractivity (Wildman–Crippen MR) is 258 cm³/mol. The van der Waals surface area contributed by atoms with E-state index >= 15 is 0 Å². The molecule has 12 rings (SSSR count). The van der Waals surface area contributed by atoms with Gasteiger partial charge >= 0.3 is 0 Å². The molecule has 5 aromatic heterocycles. The highest BCUT2D eigenvalue weighted by Crippen LogP contribution is 2.45. The Morgan fingerprint density at radius 3 is 2.31 bits per heavy atom. The Balaban J connectivity index is 1.16. The zero-order chi connectivity index (χ0) is 42.0. The van der Waals surface area contributed by atoms with Crippen molar-refractivity contribution >= 4 is 76.6 Å². The standard InChI is InChI=1S/C56H45N5O/c1-32(2)34-25-26-57-50(29-34)61-46-24-19-33(3)27-41(46)39-22-20-35(28-48(39)61)38-16-12-17-47-52(38)59-55(60(47)37-13-8-7-9-14-37)44-31-42-40-15-10-11-18-49(40)62-54(42)51-43-30-36(56(4,5)6)21-23-45(43)58-53(44)51/h7-32,58H,1-6H3. The van der Waals surface area contributed by atoms with Gasteiger partial charge in [0.1, 0.15) is 22.8 Å². The summed E-state index contributed by atoms with van der Waals surface area (Å²) in [6.07, 6.45) is 1.94. The average molecular weight is 804 g/mol. The maximum atomic E-state index is 6.77. The summed E-state index contributed by atoms with van der Waals surface area (Å²) in [4.78, 5) is 14.6. The molecule has 5 heterocycles. The van der Waals surface area contributed by atoms with Gasteiger partial charge in [0, 0.05) is 55.5 Å². The maximum Gasteiger partial charge on any atom is 0.147 e. The molecule has 0 spiro atoms. The van der Waals surface area contributed by atoms with E-state index in [1.54, 1.807) is 0 Å². The normalized spacial score (nSPS) is 12.5. The first kappa shape index (κ1) is 36.4. The lowest BCUT2D eigenvalue weighted by atomic mass is 9.86. The molecule has 0 radical (unpaired) electrons. The number of imidazole rings is 1. The van der Waals surface area contributed by atoms with Crippen molar-refractivity contribution in [1.82, 2.24) is 24.1 Å². The molecular weight excluding hydrogens is 759 g/mol.